The molecule has 2 aromatic heterocycles. The minimum absolute atomic E-state index is 0.134. The maximum atomic E-state index is 12.7. The van der Waals surface area contributed by atoms with E-state index in [1.165, 1.54) is 4.40 Å². The van der Waals surface area contributed by atoms with Gasteiger partial charge in [0.1, 0.15) is 11.3 Å². The second-order valence-electron chi connectivity index (χ2n) is 5.83. The summed E-state index contributed by atoms with van der Waals surface area (Å²) in [5.74, 6) is 0.691. The van der Waals surface area contributed by atoms with Crippen molar-refractivity contribution in [1.82, 2.24) is 9.38 Å². The monoisotopic (exact) mass is 337 g/mol. The Morgan fingerprint density at radius 2 is 1.96 bits per heavy atom. The maximum Gasteiger partial charge on any atom is 0.281 e. The van der Waals surface area contributed by atoms with Crippen LogP contribution in [0.25, 0.3) is 5.65 Å². The first-order valence-corrected chi connectivity index (χ1v) is 7.73. The van der Waals surface area contributed by atoms with Gasteiger partial charge in [0.05, 0.1) is 5.69 Å². The fraction of sp³-hybridized carbons (Fsp3) is 0.167. The van der Waals surface area contributed by atoms with Gasteiger partial charge in [-0.15, -0.1) is 0 Å². The van der Waals surface area contributed by atoms with Gasteiger partial charge in [0.15, 0.2) is 11.5 Å². The molecule has 0 spiro atoms. The lowest BCUT2D eigenvalue weighted by atomic mass is 10.2. The highest BCUT2D eigenvalue weighted by molar-refractivity contribution is 6.04. The summed E-state index contributed by atoms with van der Waals surface area (Å²) in [6.07, 6.45) is 1.65. The predicted molar refractivity (Wildman–Crippen MR) is 91.5 cm³/mol. The van der Waals surface area contributed by atoms with E-state index in [9.17, 15) is 9.59 Å². The Labute approximate surface area is 142 Å². The Kier molecular flexibility index (Phi) is 3.42. The predicted octanol–water partition coefficient (Wildman–Crippen LogP) is 2.29. The summed E-state index contributed by atoms with van der Waals surface area (Å²) >= 11 is 0. The molecule has 1 aliphatic heterocycles. The van der Waals surface area contributed by atoms with Crippen LogP contribution in [0.15, 0.2) is 41.3 Å². The zero-order chi connectivity index (χ0) is 17.6. The molecule has 1 N–H and O–H groups in total. The fourth-order valence-electron chi connectivity index (χ4n) is 2.72. The molecule has 1 aromatic carbocycles. The quantitative estimate of drug-likeness (QED) is 0.776. The Balaban J connectivity index is 1.72. The highest BCUT2D eigenvalue weighted by Crippen LogP contribution is 2.32. The number of hydrogen-bond acceptors (Lipinski definition) is 5. The van der Waals surface area contributed by atoms with Gasteiger partial charge >= 0.3 is 0 Å². The minimum Gasteiger partial charge on any atom is -0.454 e. The van der Waals surface area contributed by atoms with E-state index in [-0.39, 0.29) is 18.0 Å². The van der Waals surface area contributed by atoms with Gasteiger partial charge in [-0.1, -0.05) is 0 Å². The summed E-state index contributed by atoms with van der Waals surface area (Å²) in [5, 5.41) is 2.66. The average molecular weight is 337 g/mol. The highest BCUT2D eigenvalue weighted by Gasteiger charge is 2.18. The normalized spacial score (nSPS) is 12.4. The van der Waals surface area contributed by atoms with Crippen LogP contribution in [0.2, 0.25) is 0 Å². The van der Waals surface area contributed by atoms with Crippen molar-refractivity contribution in [3.05, 3.63) is 63.7 Å². The first kappa shape index (κ1) is 15.2. The van der Waals surface area contributed by atoms with E-state index in [0.717, 1.165) is 5.56 Å². The Morgan fingerprint density at radius 3 is 2.80 bits per heavy atom. The molecule has 0 bridgehead atoms. The van der Waals surface area contributed by atoms with Crippen molar-refractivity contribution in [2.75, 3.05) is 12.1 Å². The maximum absolute atomic E-state index is 12.7. The molecule has 3 aromatic rings. The van der Waals surface area contributed by atoms with Crippen LogP contribution in [-0.2, 0) is 0 Å². The molecule has 7 heteroatoms. The van der Waals surface area contributed by atoms with Gasteiger partial charge in [-0.25, -0.2) is 4.98 Å². The van der Waals surface area contributed by atoms with Crippen LogP contribution in [0.3, 0.4) is 0 Å². The molecule has 0 saturated heterocycles. The van der Waals surface area contributed by atoms with E-state index < -0.39 is 5.91 Å². The van der Waals surface area contributed by atoms with Crippen LogP contribution in [0, 0.1) is 13.8 Å². The number of carbonyl (C=O) groups excluding carboxylic acids is 1. The van der Waals surface area contributed by atoms with E-state index in [4.69, 9.17) is 9.47 Å². The Morgan fingerprint density at radius 1 is 1.16 bits per heavy atom. The third-order valence-corrected chi connectivity index (χ3v) is 4.04. The van der Waals surface area contributed by atoms with Crippen molar-refractivity contribution >= 4 is 17.2 Å². The van der Waals surface area contributed by atoms with Crippen molar-refractivity contribution in [2.45, 2.75) is 13.8 Å². The molecule has 1 amide bonds. The van der Waals surface area contributed by atoms with Crippen LogP contribution in [0.5, 0.6) is 11.5 Å². The number of benzene rings is 1. The molecule has 0 saturated carbocycles. The molecule has 0 atom stereocenters. The number of ether oxygens (including phenoxy) is 2. The van der Waals surface area contributed by atoms with Gasteiger partial charge in [-0.2, -0.15) is 0 Å². The smallest absolute Gasteiger partial charge is 0.281 e. The van der Waals surface area contributed by atoms with E-state index in [1.54, 1.807) is 31.3 Å². The zero-order valence-electron chi connectivity index (χ0n) is 13.7. The van der Waals surface area contributed by atoms with E-state index in [1.807, 2.05) is 19.1 Å². The number of carbonyl (C=O) groups is 1. The van der Waals surface area contributed by atoms with Crippen molar-refractivity contribution in [3.8, 4) is 11.5 Å². The number of nitrogens with zero attached hydrogens (tertiary/aromatic N) is 2. The molecule has 0 aliphatic carbocycles. The molecule has 1 aliphatic rings. The molecule has 0 radical (unpaired) electrons. The van der Waals surface area contributed by atoms with Crippen LogP contribution in [0.1, 0.15) is 21.6 Å². The molecule has 0 fully saturated rings. The number of amides is 1. The first-order chi connectivity index (χ1) is 12.0. The molecular formula is C18H15N3O4. The van der Waals surface area contributed by atoms with Crippen molar-refractivity contribution in [3.63, 3.8) is 0 Å². The number of nitrogens with one attached hydrogen (secondary N) is 1. The SMILES string of the molecule is Cc1ccn2c(=O)c(NC(=O)c3ccc4c(c3)OCO4)c(C)nc2c1. The highest BCUT2D eigenvalue weighted by atomic mass is 16.7. The van der Waals surface area contributed by atoms with Gasteiger partial charge in [0, 0.05) is 11.8 Å². The summed E-state index contributed by atoms with van der Waals surface area (Å²) in [6, 6.07) is 8.50. The van der Waals surface area contributed by atoms with E-state index >= 15 is 0 Å². The van der Waals surface area contributed by atoms with Gasteiger partial charge < -0.3 is 14.8 Å². The zero-order valence-corrected chi connectivity index (χ0v) is 13.7. The third kappa shape index (κ3) is 2.59. The number of hydrogen-bond donors (Lipinski definition) is 1. The minimum atomic E-state index is -0.410. The molecule has 4 rings (SSSR count). The van der Waals surface area contributed by atoms with Crippen LogP contribution in [0.4, 0.5) is 5.69 Å². The topological polar surface area (TPSA) is 81.9 Å². The lowest BCUT2D eigenvalue weighted by molar-refractivity contribution is 0.102. The molecule has 0 unspecified atom stereocenters. The number of pyridine rings is 1. The Hall–Kier alpha value is -3.35. The molecule has 25 heavy (non-hydrogen) atoms. The van der Waals surface area contributed by atoms with Gasteiger partial charge in [-0.05, 0) is 49.7 Å². The largest absolute Gasteiger partial charge is 0.454 e. The molecule has 7 nitrogen and oxygen atoms in total. The van der Waals surface area contributed by atoms with Crippen molar-refractivity contribution < 1.29 is 14.3 Å². The summed E-state index contributed by atoms with van der Waals surface area (Å²) < 4.78 is 11.9. The van der Waals surface area contributed by atoms with Crippen molar-refractivity contribution in [2.24, 2.45) is 0 Å². The molecule has 126 valence electrons. The van der Waals surface area contributed by atoms with Crippen LogP contribution >= 0.6 is 0 Å². The molecule has 3 heterocycles. The lowest BCUT2D eigenvalue weighted by Gasteiger charge is -2.10. The second-order valence-corrected chi connectivity index (χ2v) is 5.83. The first-order valence-electron chi connectivity index (χ1n) is 7.73. The van der Waals surface area contributed by atoms with Gasteiger partial charge in [0.25, 0.3) is 11.5 Å². The number of aromatic nitrogens is 2. The van der Waals surface area contributed by atoms with E-state index in [0.29, 0.717) is 28.4 Å². The molecular weight excluding hydrogens is 322 g/mol. The number of anilines is 1. The number of rotatable bonds is 2. The third-order valence-electron chi connectivity index (χ3n) is 4.04. The lowest BCUT2D eigenvalue weighted by Crippen LogP contribution is -2.25. The van der Waals surface area contributed by atoms with Gasteiger partial charge in [-0.3, -0.25) is 14.0 Å². The van der Waals surface area contributed by atoms with Crippen LogP contribution in [-0.4, -0.2) is 22.1 Å². The Bertz CT molecular complexity index is 1070. The van der Waals surface area contributed by atoms with Gasteiger partial charge in [0.2, 0.25) is 6.79 Å². The second kappa shape index (κ2) is 5.62. The number of aryl methyl sites for hydroxylation is 2. The van der Waals surface area contributed by atoms with Crippen LogP contribution < -0.4 is 20.3 Å². The van der Waals surface area contributed by atoms with E-state index in [2.05, 4.69) is 10.3 Å². The summed E-state index contributed by atoms with van der Waals surface area (Å²) in [4.78, 5) is 29.6. The summed E-state index contributed by atoms with van der Waals surface area (Å²) in [7, 11) is 0. The number of fused-ring (bicyclic) bond motifs is 2. The van der Waals surface area contributed by atoms with Crippen molar-refractivity contribution in [1.29, 1.82) is 0 Å². The summed E-state index contributed by atoms with van der Waals surface area (Å²) in [6.45, 7) is 3.75. The summed E-state index contributed by atoms with van der Waals surface area (Å²) in [5.41, 5.74) is 2.22. The standard InChI is InChI=1S/C18H15N3O4/c1-10-5-6-21-15(7-10)19-11(2)16(18(21)23)20-17(22)12-3-4-13-14(8-12)25-9-24-13/h3-8H,9H2,1-2H3,(H,20,22). The fourth-order valence-corrected chi connectivity index (χ4v) is 2.72. The average Bonchev–Trinajstić information content (AvgIpc) is 3.05.